The van der Waals surface area contributed by atoms with Crippen molar-refractivity contribution in [3.63, 3.8) is 0 Å². The molecule has 0 radical (unpaired) electrons. The highest BCUT2D eigenvalue weighted by Gasteiger charge is 2.28. The van der Waals surface area contributed by atoms with Gasteiger partial charge in [0.15, 0.2) is 0 Å². The van der Waals surface area contributed by atoms with Crippen molar-refractivity contribution in [2.45, 2.75) is 0 Å². The highest BCUT2D eigenvalue weighted by atomic mass is 32.2. The molecule has 1 aromatic heterocycles. The number of likely N-dealkylation sites (N-methyl/N-ethyl adjacent to an activating group) is 1. The molecule has 14 heavy (non-hydrogen) atoms. The van der Waals surface area contributed by atoms with Crippen molar-refractivity contribution in [2.75, 3.05) is 7.05 Å². The number of thioether (sulfide) groups is 1. The predicted molar refractivity (Wildman–Crippen MR) is 63.1 cm³/mol. The Kier molecular flexibility index (Phi) is 2.66. The molecule has 72 valence electrons. The molecule has 1 aliphatic rings. The second kappa shape index (κ2) is 3.80. The molecule has 0 bridgehead atoms. The van der Waals surface area contributed by atoms with Crippen LogP contribution in [0.4, 0.5) is 0 Å². The molecule has 0 atom stereocenters. The summed E-state index contributed by atoms with van der Waals surface area (Å²) >= 11 is 7.82. The number of rotatable bonds is 1. The number of thiazole rings is 1. The summed E-state index contributed by atoms with van der Waals surface area (Å²) in [5.41, 5.74) is 0. The molecule has 0 spiro atoms. The first kappa shape index (κ1) is 9.82. The van der Waals surface area contributed by atoms with Gasteiger partial charge in [-0.3, -0.25) is 9.69 Å². The molecule has 0 unspecified atom stereocenters. The maximum Gasteiger partial charge on any atom is 0.266 e. The van der Waals surface area contributed by atoms with Gasteiger partial charge >= 0.3 is 0 Å². The van der Waals surface area contributed by atoms with Crippen LogP contribution in [0.25, 0.3) is 6.08 Å². The molecule has 1 fully saturated rings. The van der Waals surface area contributed by atoms with E-state index in [2.05, 4.69) is 4.98 Å². The highest BCUT2D eigenvalue weighted by molar-refractivity contribution is 8.26. The SMILES string of the molecule is CN1C(=O)/C(=C/c2nccs2)SC1=S. The average molecular weight is 242 g/mol. The van der Waals surface area contributed by atoms with E-state index in [0.717, 1.165) is 5.01 Å². The number of nitrogens with zero attached hydrogens (tertiary/aromatic N) is 2. The van der Waals surface area contributed by atoms with Gasteiger partial charge in [0, 0.05) is 18.6 Å². The minimum absolute atomic E-state index is 0.0461. The molecule has 1 amide bonds. The van der Waals surface area contributed by atoms with Crippen molar-refractivity contribution >= 4 is 51.6 Å². The third-order valence-corrected chi connectivity index (χ3v) is 3.90. The third-order valence-electron chi connectivity index (χ3n) is 1.69. The Morgan fingerprint density at radius 1 is 1.64 bits per heavy atom. The minimum atomic E-state index is -0.0461. The summed E-state index contributed by atoms with van der Waals surface area (Å²) in [6.07, 6.45) is 3.48. The molecule has 1 saturated heterocycles. The zero-order valence-electron chi connectivity index (χ0n) is 7.26. The first-order valence-electron chi connectivity index (χ1n) is 3.79. The molecular formula is C8H6N2OS3. The lowest BCUT2D eigenvalue weighted by Gasteiger charge is -2.03. The van der Waals surface area contributed by atoms with Gasteiger partial charge in [0.05, 0.1) is 4.91 Å². The fourth-order valence-corrected chi connectivity index (χ4v) is 2.76. The summed E-state index contributed by atoms with van der Waals surface area (Å²) in [6.45, 7) is 0. The summed E-state index contributed by atoms with van der Waals surface area (Å²) in [5, 5.41) is 2.71. The van der Waals surface area contributed by atoms with Crippen LogP contribution in [0.3, 0.4) is 0 Å². The van der Waals surface area contributed by atoms with Crippen LogP contribution in [0, 0.1) is 0 Å². The molecule has 3 nitrogen and oxygen atoms in total. The second-order valence-corrected chi connectivity index (χ2v) is 5.21. The molecule has 6 heteroatoms. The lowest BCUT2D eigenvalue weighted by atomic mass is 10.4. The number of hydrogen-bond acceptors (Lipinski definition) is 5. The van der Waals surface area contributed by atoms with Gasteiger partial charge in [-0.2, -0.15) is 0 Å². The summed E-state index contributed by atoms with van der Waals surface area (Å²) in [6, 6.07) is 0. The maximum absolute atomic E-state index is 11.6. The van der Waals surface area contributed by atoms with Gasteiger partial charge < -0.3 is 0 Å². The Labute approximate surface area is 94.8 Å². The summed E-state index contributed by atoms with van der Waals surface area (Å²) in [5.74, 6) is -0.0461. The number of hydrogen-bond donors (Lipinski definition) is 0. The lowest BCUT2D eigenvalue weighted by molar-refractivity contribution is -0.121. The first-order valence-corrected chi connectivity index (χ1v) is 5.90. The fourth-order valence-electron chi connectivity index (χ4n) is 0.963. The van der Waals surface area contributed by atoms with Gasteiger partial charge in [0.25, 0.3) is 5.91 Å². The molecule has 0 aliphatic carbocycles. The maximum atomic E-state index is 11.6. The fraction of sp³-hybridized carbons (Fsp3) is 0.125. The molecule has 2 rings (SSSR count). The van der Waals surface area contributed by atoms with E-state index in [0.29, 0.717) is 9.23 Å². The second-order valence-electron chi connectivity index (χ2n) is 2.61. The smallest absolute Gasteiger partial charge is 0.266 e. The van der Waals surface area contributed by atoms with Crippen LogP contribution in [0.5, 0.6) is 0 Å². The molecule has 1 aliphatic heterocycles. The number of thiocarbonyl (C=S) groups is 1. The van der Waals surface area contributed by atoms with Crippen molar-refractivity contribution in [3.8, 4) is 0 Å². The predicted octanol–water partition coefficient (Wildman–Crippen LogP) is 1.97. The van der Waals surface area contributed by atoms with Gasteiger partial charge in [-0.05, 0) is 6.08 Å². The van der Waals surface area contributed by atoms with Crippen LogP contribution in [0.15, 0.2) is 16.5 Å². The van der Waals surface area contributed by atoms with Crippen LogP contribution in [0.1, 0.15) is 5.01 Å². The Balaban J connectivity index is 2.29. The quantitative estimate of drug-likeness (QED) is 0.557. The Hall–Kier alpha value is -0.720. The van der Waals surface area contributed by atoms with Crippen LogP contribution < -0.4 is 0 Å². The van der Waals surface area contributed by atoms with Crippen molar-refractivity contribution in [1.29, 1.82) is 0 Å². The standard InChI is InChI=1S/C8H6N2OS3/c1-10-7(11)5(14-8(10)12)4-6-9-2-3-13-6/h2-4H,1H3/b5-4-. The summed E-state index contributed by atoms with van der Waals surface area (Å²) in [7, 11) is 1.68. The van der Waals surface area contributed by atoms with Crippen molar-refractivity contribution in [2.24, 2.45) is 0 Å². The van der Waals surface area contributed by atoms with Crippen molar-refractivity contribution in [3.05, 3.63) is 21.5 Å². The molecule has 1 aromatic rings. The number of carbonyl (C=O) groups excluding carboxylic acids is 1. The molecule has 0 aromatic carbocycles. The van der Waals surface area contributed by atoms with E-state index in [1.165, 1.54) is 28.0 Å². The number of aromatic nitrogens is 1. The number of amides is 1. The van der Waals surface area contributed by atoms with E-state index in [9.17, 15) is 4.79 Å². The largest absolute Gasteiger partial charge is 0.296 e. The van der Waals surface area contributed by atoms with E-state index < -0.39 is 0 Å². The zero-order chi connectivity index (χ0) is 10.1. The molecule has 0 N–H and O–H groups in total. The summed E-state index contributed by atoms with van der Waals surface area (Å²) < 4.78 is 0.595. The van der Waals surface area contributed by atoms with Crippen LogP contribution >= 0.6 is 35.3 Å². The number of carbonyl (C=O) groups is 1. The van der Waals surface area contributed by atoms with Gasteiger partial charge in [-0.1, -0.05) is 24.0 Å². The van der Waals surface area contributed by atoms with E-state index >= 15 is 0 Å². The lowest BCUT2D eigenvalue weighted by Crippen LogP contribution is -2.22. The monoisotopic (exact) mass is 242 g/mol. The van der Waals surface area contributed by atoms with Crippen molar-refractivity contribution < 1.29 is 4.79 Å². The van der Waals surface area contributed by atoms with Crippen molar-refractivity contribution in [1.82, 2.24) is 9.88 Å². The van der Waals surface area contributed by atoms with Gasteiger partial charge in [0.1, 0.15) is 9.33 Å². The van der Waals surface area contributed by atoms with Crippen LogP contribution in [0.2, 0.25) is 0 Å². The van der Waals surface area contributed by atoms with E-state index in [-0.39, 0.29) is 5.91 Å². The van der Waals surface area contributed by atoms with Crippen LogP contribution in [-0.2, 0) is 4.79 Å². The summed E-state index contributed by atoms with van der Waals surface area (Å²) in [4.78, 5) is 17.8. The highest BCUT2D eigenvalue weighted by Crippen LogP contribution is 2.31. The average Bonchev–Trinajstić information content (AvgIpc) is 2.73. The third kappa shape index (κ3) is 1.73. The minimum Gasteiger partial charge on any atom is -0.296 e. The Morgan fingerprint density at radius 3 is 2.93 bits per heavy atom. The van der Waals surface area contributed by atoms with Gasteiger partial charge in [-0.15, -0.1) is 11.3 Å². The topological polar surface area (TPSA) is 33.2 Å². The molecule has 0 saturated carbocycles. The zero-order valence-corrected chi connectivity index (χ0v) is 9.71. The Bertz CT molecular complexity index is 410. The van der Waals surface area contributed by atoms with Crippen LogP contribution in [-0.4, -0.2) is 27.2 Å². The van der Waals surface area contributed by atoms with Gasteiger partial charge in [0.2, 0.25) is 0 Å². The van der Waals surface area contributed by atoms with E-state index in [1.807, 2.05) is 5.38 Å². The van der Waals surface area contributed by atoms with E-state index in [4.69, 9.17) is 12.2 Å². The van der Waals surface area contributed by atoms with Gasteiger partial charge in [-0.25, -0.2) is 4.98 Å². The molecule has 2 heterocycles. The Morgan fingerprint density at radius 2 is 2.43 bits per heavy atom. The normalized spacial score (nSPS) is 19.8. The van der Waals surface area contributed by atoms with E-state index in [1.54, 1.807) is 19.3 Å². The molecular weight excluding hydrogens is 236 g/mol. The first-order chi connectivity index (χ1) is 6.68.